The van der Waals surface area contributed by atoms with Crippen molar-refractivity contribution in [1.82, 2.24) is 14.8 Å². The summed E-state index contributed by atoms with van der Waals surface area (Å²) in [7, 11) is 1.86. The number of hydrogen-bond acceptors (Lipinski definition) is 3. The minimum atomic E-state index is -4.52. The van der Waals surface area contributed by atoms with E-state index in [-0.39, 0.29) is 12.2 Å². The maximum absolute atomic E-state index is 13.1. The lowest BCUT2D eigenvalue weighted by Crippen LogP contribution is -3.08. The third-order valence-electron chi connectivity index (χ3n) is 4.72. The number of aromatic nitrogens is 3. The lowest BCUT2D eigenvalue weighted by molar-refractivity contribution is -0.885. The number of quaternary nitrogens is 1. The number of halogens is 3. The number of amides is 1. The van der Waals surface area contributed by atoms with E-state index in [1.54, 1.807) is 0 Å². The standard InChI is InChI=1S/C21H22F3N5O/c1-14-4-5-16(15(2)8-14)10-28(3)11-20(30)27-18-9-17(21(22,23)24)6-7-19(18)29-13-25-12-26-29/h4-9,12-13H,10-11H2,1-3H3,(H,27,30)/p+1. The minimum absolute atomic E-state index is 0.0274. The Morgan fingerprint density at radius 1 is 1.17 bits per heavy atom. The fraction of sp³-hybridized carbons (Fsp3) is 0.286. The Kier molecular flexibility index (Phi) is 6.21. The summed E-state index contributed by atoms with van der Waals surface area (Å²) in [6, 6.07) is 9.25. The van der Waals surface area contributed by atoms with Gasteiger partial charge in [0.1, 0.15) is 19.2 Å². The van der Waals surface area contributed by atoms with Crippen LogP contribution in [0.3, 0.4) is 0 Å². The molecule has 0 saturated carbocycles. The summed E-state index contributed by atoms with van der Waals surface area (Å²) >= 11 is 0. The third-order valence-corrected chi connectivity index (χ3v) is 4.72. The summed E-state index contributed by atoms with van der Waals surface area (Å²) in [6.45, 7) is 4.75. The summed E-state index contributed by atoms with van der Waals surface area (Å²) in [5.41, 5.74) is 2.91. The Morgan fingerprint density at radius 3 is 2.57 bits per heavy atom. The molecule has 1 amide bonds. The first kappa shape index (κ1) is 21.5. The van der Waals surface area contributed by atoms with Crippen molar-refractivity contribution in [2.75, 3.05) is 18.9 Å². The van der Waals surface area contributed by atoms with E-state index >= 15 is 0 Å². The maximum atomic E-state index is 13.1. The molecule has 0 bridgehead atoms. The van der Waals surface area contributed by atoms with E-state index in [1.165, 1.54) is 23.4 Å². The van der Waals surface area contributed by atoms with Gasteiger partial charge in [0.25, 0.3) is 5.91 Å². The smallest absolute Gasteiger partial charge is 0.326 e. The van der Waals surface area contributed by atoms with E-state index in [0.717, 1.165) is 33.7 Å². The highest BCUT2D eigenvalue weighted by atomic mass is 19.4. The first-order valence-corrected chi connectivity index (χ1v) is 9.37. The molecule has 2 N–H and O–H groups in total. The zero-order chi connectivity index (χ0) is 21.9. The zero-order valence-electron chi connectivity index (χ0n) is 16.9. The maximum Gasteiger partial charge on any atom is 0.416 e. The van der Waals surface area contributed by atoms with Gasteiger partial charge < -0.3 is 10.2 Å². The molecule has 0 radical (unpaired) electrons. The van der Waals surface area contributed by atoms with Crippen molar-refractivity contribution in [2.24, 2.45) is 0 Å². The Bertz CT molecular complexity index is 1030. The van der Waals surface area contributed by atoms with Gasteiger partial charge in [-0.05, 0) is 37.6 Å². The van der Waals surface area contributed by atoms with Gasteiger partial charge in [0, 0.05) is 5.56 Å². The average molecular weight is 418 g/mol. The molecule has 30 heavy (non-hydrogen) atoms. The molecule has 1 aromatic heterocycles. The summed E-state index contributed by atoms with van der Waals surface area (Å²) < 4.78 is 40.7. The van der Waals surface area contributed by atoms with E-state index in [1.807, 2.05) is 33.0 Å². The van der Waals surface area contributed by atoms with Crippen LogP contribution in [0.1, 0.15) is 22.3 Å². The van der Waals surface area contributed by atoms with Gasteiger partial charge >= 0.3 is 6.18 Å². The second kappa shape index (κ2) is 8.66. The van der Waals surface area contributed by atoms with Gasteiger partial charge in [0.05, 0.1) is 24.0 Å². The van der Waals surface area contributed by atoms with Crippen molar-refractivity contribution in [3.63, 3.8) is 0 Å². The van der Waals surface area contributed by atoms with Gasteiger partial charge in [-0.2, -0.15) is 18.3 Å². The number of anilines is 1. The van der Waals surface area contributed by atoms with Crippen LogP contribution in [0.25, 0.3) is 5.69 Å². The molecule has 0 fully saturated rings. The van der Waals surface area contributed by atoms with E-state index < -0.39 is 17.6 Å². The second-order valence-corrected chi connectivity index (χ2v) is 7.36. The first-order valence-electron chi connectivity index (χ1n) is 9.37. The number of benzene rings is 2. The van der Waals surface area contributed by atoms with Gasteiger partial charge in [-0.15, -0.1) is 0 Å². The first-order chi connectivity index (χ1) is 14.1. The van der Waals surface area contributed by atoms with Crippen molar-refractivity contribution in [3.8, 4) is 5.69 Å². The molecular weight excluding hydrogens is 395 g/mol. The van der Waals surface area contributed by atoms with Gasteiger partial charge in [0.2, 0.25) is 0 Å². The van der Waals surface area contributed by atoms with Crippen LogP contribution in [0.5, 0.6) is 0 Å². The van der Waals surface area contributed by atoms with Gasteiger partial charge in [0.15, 0.2) is 6.54 Å². The van der Waals surface area contributed by atoms with Crippen LogP contribution < -0.4 is 10.2 Å². The molecule has 9 heteroatoms. The van der Waals surface area contributed by atoms with E-state index in [0.29, 0.717) is 12.2 Å². The molecule has 0 aliphatic heterocycles. The van der Waals surface area contributed by atoms with Gasteiger partial charge in [-0.25, -0.2) is 9.67 Å². The van der Waals surface area contributed by atoms with Crippen molar-refractivity contribution in [3.05, 3.63) is 71.3 Å². The molecule has 158 valence electrons. The number of nitrogens with one attached hydrogen (secondary N) is 2. The number of carbonyl (C=O) groups excluding carboxylic acids is 1. The highest BCUT2D eigenvalue weighted by Crippen LogP contribution is 2.33. The molecule has 2 aromatic carbocycles. The van der Waals surface area contributed by atoms with Gasteiger partial charge in [-0.1, -0.05) is 23.8 Å². The molecule has 1 unspecified atom stereocenters. The van der Waals surface area contributed by atoms with E-state index in [9.17, 15) is 18.0 Å². The largest absolute Gasteiger partial charge is 0.416 e. The number of likely N-dealkylation sites (N-methyl/N-ethyl adjacent to an activating group) is 1. The molecule has 1 heterocycles. The van der Waals surface area contributed by atoms with Crippen LogP contribution in [0.4, 0.5) is 18.9 Å². The number of nitrogens with zero attached hydrogens (tertiary/aromatic N) is 3. The summed E-state index contributed by atoms with van der Waals surface area (Å²) in [5.74, 6) is -0.391. The van der Waals surface area contributed by atoms with E-state index in [2.05, 4.69) is 21.5 Å². The number of alkyl halides is 3. The summed E-state index contributed by atoms with van der Waals surface area (Å²) in [5, 5.41) is 6.55. The molecule has 0 aliphatic carbocycles. The van der Waals surface area contributed by atoms with Crippen LogP contribution in [-0.2, 0) is 17.5 Å². The van der Waals surface area contributed by atoms with Crippen LogP contribution in [0.15, 0.2) is 49.1 Å². The lowest BCUT2D eigenvalue weighted by atomic mass is 10.1. The molecule has 3 aromatic rings. The van der Waals surface area contributed by atoms with Crippen LogP contribution in [0, 0.1) is 13.8 Å². The molecule has 0 saturated heterocycles. The number of aryl methyl sites for hydroxylation is 2. The highest BCUT2D eigenvalue weighted by molar-refractivity contribution is 5.93. The highest BCUT2D eigenvalue weighted by Gasteiger charge is 2.31. The molecule has 0 spiro atoms. The number of hydrogen-bond donors (Lipinski definition) is 2. The van der Waals surface area contributed by atoms with Gasteiger partial charge in [-0.3, -0.25) is 4.79 Å². The topological polar surface area (TPSA) is 64.2 Å². The minimum Gasteiger partial charge on any atom is -0.326 e. The van der Waals surface area contributed by atoms with E-state index in [4.69, 9.17) is 0 Å². The van der Waals surface area contributed by atoms with Crippen molar-refractivity contribution in [2.45, 2.75) is 26.6 Å². The van der Waals surface area contributed by atoms with Crippen molar-refractivity contribution in [1.29, 1.82) is 0 Å². The second-order valence-electron chi connectivity index (χ2n) is 7.36. The molecule has 3 rings (SSSR count). The van der Waals surface area contributed by atoms with Crippen LogP contribution in [0.2, 0.25) is 0 Å². The van der Waals surface area contributed by atoms with Crippen molar-refractivity contribution >= 4 is 11.6 Å². The Morgan fingerprint density at radius 2 is 1.93 bits per heavy atom. The Balaban J connectivity index is 1.76. The lowest BCUT2D eigenvalue weighted by Gasteiger charge is -2.17. The molecule has 1 atom stereocenters. The number of rotatable bonds is 6. The van der Waals surface area contributed by atoms with Crippen LogP contribution >= 0.6 is 0 Å². The quantitative estimate of drug-likeness (QED) is 0.647. The average Bonchev–Trinajstić information content (AvgIpc) is 3.17. The normalized spacial score (nSPS) is 12.6. The fourth-order valence-electron chi connectivity index (χ4n) is 3.25. The number of carbonyl (C=O) groups is 1. The monoisotopic (exact) mass is 418 g/mol. The third kappa shape index (κ3) is 5.24. The molecule has 6 nitrogen and oxygen atoms in total. The molecular formula is C21H23F3N5O+. The summed E-state index contributed by atoms with van der Waals surface area (Å²) in [4.78, 5) is 17.3. The zero-order valence-corrected chi connectivity index (χ0v) is 16.9. The predicted molar refractivity (Wildman–Crippen MR) is 106 cm³/mol. The summed E-state index contributed by atoms with van der Waals surface area (Å²) in [6.07, 6.45) is -1.90. The fourth-order valence-corrected chi connectivity index (χ4v) is 3.25. The SMILES string of the molecule is Cc1ccc(C[NH+](C)CC(=O)Nc2cc(C(F)(F)F)ccc2-n2cncn2)c(C)c1. The van der Waals surface area contributed by atoms with Crippen molar-refractivity contribution < 1.29 is 22.9 Å². The molecule has 0 aliphatic rings. The Hall–Kier alpha value is -3.20. The predicted octanol–water partition coefficient (Wildman–Crippen LogP) is 2.56. The Labute approximate surface area is 172 Å². The van der Waals surface area contributed by atoms with Crippen LogP contribution in [-0.4, -0.2) is 34.3 Å².